The average Bonchev–Trinajstić information content (AvgIpc) is 2.76. The third-order valence-electron chi connectivity index (χ3n) is 2.30. The second-order valence-corrected chi connectivity index (χ2v) is 5.88. The molecular weight excluding hydrogens is 242 g/mol. The minimum Gasteiger partial charge on any atom is -0.297 e. The fraction of sp³-hybridized carbons (Fsp3) is 0.455. The quantitative estimate of drug-likeness (QED) is 0.824. The highest BCUT2D eigenvalue weighted by Gasteiger charge is 2.23. The average molecular weight is 256 g/mol. The Labute approximate surface area is 104 Å². The number of halogens is 1. The molecule has 0 N–H and O–H groups in total. The third-order valence-corrected chi connectivity index (χ3v) is 3.31. The Morgan fingerprint density at radius 3 is 2.69 bits per heavy atom. The van der Waals surface area contributed by atoms with Crippen molar-refractivity contribution in [1.29, 1.82) is 0 Å². The number of hydrogen-bond acceptors (Lipinski definition) is 3. The third kappa shape index (κ3) is 2.28. The molecule has 3 nitrogen and oxygen atoms in total. The van der Waals surface area contributed by atoms with Gasteiger partial charge in [0.05, 0.1) is 6.54 Å². The molecule has 0 bridgehead atoms. The summed E-state index contributed by atoms with van der Waals surface area (Å²) in [6, 6.07) is 2.09. The highest BCUT2D eigenvalue weighted by atomic mass is 35.5. The molecule has 2 rings (SSSR count). The lowest BCUT2D eigenvalue weighted by Gasteiger charge is -2.18. The molecule has 0 atom stereocenters. The van der Waals surface area contributed by atoms with Crippen molar-refractivity contribution in [3.63, 3.8) is 0 Å². The van der Waals surface area contributed by atoms with Crippen molar-refractivity contribution in [3.8, 4) is 0 Å². The topological polar surface area (TPSA) is 30.7 Å². The Kier molecular flexibility index (Phi) is 3.04. The van der Waals surface area contributed by atoms with E-state index >= 15 is 0 Å². The second-order valence-electron chi connectivity index (χ2n) is 4.76. The van der Waals surface area contributed by atoms with Crippen molar-refractivity contribution in [2.24, 2.45) is 0 Å². The van der Waals surface area contributed by atoms with Crippen molar-refractivity contribution < 1.29 is 0 Å². The van der Waals surface area contributed by atoms with Gasteiger partial charge in [-0.05, 0) is 34.0 Å². The molecule has 86 valence electrons. The van der Waals surface area contributed by atoms with Crippen molar-refractivity contribution >= 4 is 22.9 Å². The first-order valence-corrected chi connectivity index (χ1v) is 6.41. The van der Waals surface area contributed by atoms with E-state index in [0.717, 1.165) is 12.4 Å². The van der Waals surface area contributed by atoms with Crippen LogP contribution in [0.5, 0.6) is 0 Å². The molecule has 0 fully saturated rings. The molecular formula is C11H14ClN3S. The summed E-state index contributed by atoms with van der Waals surface area (Å²) in [5.41, 5.74) is 1.19. The Hall–Kier alpha value is -0.870. The van der Waals surface area contributed by atoms with E-state index in [1.807, 2.05) is 4.57 Å². The van der Waals surface area contributed by atoms with Crippen molar-refractivity contribution in [1.82, 2.24) is 14.8 Å². The molecule has 2 heterocycles. The molecule has 5 heteroatoms. The lowest BCUT2D eigenvalue weighted by molar-refractivity contribution is 0.510. The zero-order valence-corrected chi connectivity index (χ0v) is 11.1. The van der Waals surface area contributed by atoms with Crippen LogP contribution in [0.25, 0.3) is 0 Å². The predicted molar refractivity (Wildman–Crippen MR) is 67.2 cm³/mol. The summed E-state index contributed by atoms with van der Waals surface area (Å²) in [7, 11) is 0. The number of rotatable bonds is 2. The minimum absolute atomic E-state index is 0.0455. The maximum absolute atomic E-state index is 6.06. The SMILES string of the molecule is CC(C)(C)c1nnc(Cl)n1Cc1ccsc1. The lowest BCUT2D eigenvalue weighted by atomic mass is 9.95. The zero-order valence-electron chi connectivity index (χ0n) is 9.57. The molecule has 16 heavy (non-hydrogen) atoms. The number of aromatic nitrogens is 3. The summed E-state index contributed by atoms with van der Waals surface area (Å²) in [6.45, 7) is 7.06. The van der Waals surface area contributed by atoms with Crippen molar-refractivity contribution in [2.45, 2.75) is 32.7 Å². The maximum atomic E-state index is 6.06. The Morgan fingerprint density at radius 1 is 1.38 bits per heavy atom. The largest absolute Gasteiger partial charge is 0.297 e. The summed E-state index contributed by atoms with van der Waals surface area (Å²) in [5, 5.41) is 12.7. The van der Waals surface area contributed by atoms with Crippen LogP contribution in [0.3, 0.4) is 0 Å². The van der Waals surface area contributed by atoms with E-state index in [-0.39, 0.29) is 5.41 Å². The summed E-state index contributed by atoms with van der Waals surface area (Å²) in [6.07, 6.45) is 0. The molecule has 0 aliphatic heterocycles. The summed E-state index contributed by atoms with van der Waals surface area (Å²) in [5.74, 6) is 0.920. The Balaban J connectivity index is 2.36. The van der Waals surface area contributed by atoms with Crippen LogP contribution >= 0.6 is 22.9 Å². The van der Waals surface area contributed by atoms with Gasteiger partial charge in [0.1, 0.15) is 5.82 Å². The maximum Gasteiger partial charge on any atom is 0.225 e. The van der Waals surface area contributed by atoms with Gasteiger partial charge >= 0.3 is 0 Å². The van der Waals surface area contributed by atoms with E-state index in [2.05, 4.69) is 47.8 Å². The Morgan fingerprint density at radius 2 is 2.12 bits per heavy atom. The van der Waals surface area contributed by atoms with Gasteiger partial charge in [-0.25, -0.2) is 0 Å². The zero-order chi connectivity index (χ0) is 11.8. The van der Waals surface area contributed by atoms with Gasteiger partial charge in [0.25, 0.3) is 0 Å². The first-order chi connectivity index (χ1) is 7.48. The van der Waals surface area contributed by atoms with E-state index in [1.165, 1.54) is 5.56 Å². The molecule has 0 aliphatic carbocycles. The molecule has 0 saturated heterocycles. The van der Waals surface area contributed by atoms with E-state index < -0.39 is 0 Å². The smallest absolute Gasteiger partial charge is 0.225 e. The molecule has 0 amide bonds. The van der Waals surface area contributed by atoms with Crippen LogP contribution in [0.2, 0.25) is 5.28 Å². The standard InChI is InChI=1S/C11H14ClN3S/c1-11(2,3)9-13-14-10(12)15(9)6-8-4-5-16-7-8/h4-5,7H,6H2,1-3H3. The lowest BCUT2D eigenvalue weighted by Crippen LogP contribution is -2.19. The second kappa shape index (κ2) is 4.18. The van der Waals surface area contributed by atoms with Gasteiger partial charge in [0.15, 0.2) is 0 Å². The van der Waals surface area contributed by atoms with Gasteiger partial charge in [-0.1, -0.05) is 20.8 Å². The van der Waals surface area contributed by atoms with Crippen LogP contribution in [-0.4, -0.2) is 14.8 Å². The van der Waals surface area contributed by atoms with Gasteiger partial charge in [0.2, 0.25) is 5.28 Å². The van der Waals surface area contributed by atoms with Gasteiger partial charge in [0, 0.05) is 5.41 Å². The van der Waals surface area contributed by atoms with Crippen LogP contribution in [0.4, 0.5) is 0 Å². The van der Waals surface area contributed by atoms with Crippen LogP contribution in [0.1, 0.15) is 32.2 Å². The highest BCUT2D eigenvalue weighted by Crippen LogP contribution is 2.24. The van der Waals surface area contributed by atoms with E-state index in [9.17, 15) is 0 Å². The molecule has 0 spiro atoms. The Bertz CT molecular complexity index is 468. The van der Waals surface area contributed by atoms with Gasteiger partial charge < -0.3 is 0 Å². The number of hydrogen-bond donors (Lipinski definition) is 0. The summed E-state index contributed by atoms with van der Waals surface area (Å²) < 4.78 is 1.96. The van der Waals surface area contributed by atoms with Gasteiger partial charge in [-0.3, -0.25) is 4.57 Å². The fourth-order valence-electron chi connectivity index (χ4n) is 1.54. The first-order valence-electron chi connectivity index (χ1n) is 5.09. The molecule has 0 saturated carbocycles. The van der Waals surface area contributed by atoms with Crippen molar-refractivity contribution in [3.05, 3.63) is 33.5 Å². The van der Waals surface area contributed by atoms with E-state index in [0.29, 0.717) is 5.28 Å². The highest BCUT2D eigenvalue weighted by molar-refractivity contribution is 7.07. The van der Waals surface area contributed by atoms with Crippen LogP contribution in [0, 0.1) is 0 Å². The predicted octanol–water partition coefficient (Wildman–Crippen LogP) is 3.34. The molecule has 0 radical (unpaired) electrons. The monoisotopic (exact) mass is 255 g/mol. The van der Waals surface area contributed by atoms with Gasteiger partial charge in [-0.15, -0.1) is 10.2 Å². The molecule has 2 aromatic heterocycles. The molecule has 2 aromatic rings. The van der Waals surface area contributed by atoms with Gasteiger partial charge in [-0.2, -0.15) is 11.3 Å². The fourth-order valence-corrected chi connectivity index (χ4v) is 2.38. The van der Waals surface area contributed by atoms with Crippen LogP contribution in [0.15, 0.2) is 16.8 Å². The van der Waals surface area contributed by atoms with Crippen LogP contribution < -0.4 is 0 Å². The number of thiophene rings is 1. The molecule has 0 aliphatic rings. The summed E-state index contributed by atoms with van der Waals surface area (Å²) >= 11 is 7.74. The minimum atomic E-state index is -0.0455. The first kappa shape index (κ1) is 11.6. The molecule has 0 aromatic carbocycles. The van der Waals surface area contributed by atoms with E-state index in [4.69, 9.17) is 11.6 Å². The normalized spacial score (nSPS) is 12.0. The number of nitrogens with zero attached hydrogens (tertiary/aromatic N) is 3. The molecule has 0 unspecified atom stereocenters. The van der Waals surface area contributed by atoms with Crippen molar-refractivity contribution in [2.75, 3.05) is 0 Å². The van der Waals surface area contributed by atoms with Crippen LogP contribution in [-0.2, 0) is 12.0 Å². The van der Waals surface area contributed by atoms with E-state index in [1.54, 1.807) is 11.3 Å². The summed E-state index contributed by atoms with van der Waals surface area (Å²) in [4.78, 5) is 0.